The molecule has 0 bridgehead atoms. The van der Waals surface area contributed by atoms with Crippen LogP contribution in [0.2, 0.25) is 19.6 Å². The first kappa shape index (κ1) is 20.6. The summed E-state index contributed by atoms with van der Waals surface area (Å²) < 4.78 is 5.88. The van der Waals surface area contributed by atoms with Crippen molar-refractivity contribution in [1.82, 2.24) is 4.98 Å². The van der Waals surface area contributed by atoms with E-state index in [1.807, 2.05) is 17.5 Å². The average Bonchev–Trinajstić information content (AvgIpc) is 3.34. The van der Waals surface area contributed by atoms with Crippen LogP contribution in [0, 0.1) is 6.92 Å². The first-order chi connectivity index (χ1) is 15.4. The summed E-state index contributed by atoms with van der Waals surface area (Å²) >= 11 is 1.55. The molecule has 158 valence electrons. The van der Waals surface area contributed by atoms with Crippen molar-refractivity contribution in [3.05, 3.63) is 78.0 Å². The zero-order valence-electron chi connectivity index (χ0n) is 18.8. The Balaban J connectivity index is 1.63. The number of pyridine rings is 1. The second kappa shape index (κ2) is 7.54. The number of rotatable bonds is 3. The van der Waals surface area contributed by atoms with Crippen LogP contribution >= 0.6 is 11.3 Å². The van der Waals surface area contributed by atoms with Gasteiger partial charge in [0.1, 0.15) is 0 Å². The molecule has 32 heavy (non-hydrogen) atoms. The van der Waals surface area contributed by atoms with Crippen LogP contribution in [0.3, 0.4) is 0 Å². The van der Waals surface area contributed by atoms with Gasteiger partial charge in [-0.1, -0.05) is 0 Å². The fraction of sp³-hybridized carbons (Fsp3) is 0.179. The zero-order valence-corrected chi connectivity index (χ0v) is 23.0. The van der Waals surface area contributed by atoms with Crippen molar-refractivity contribution in [2.45, 2.75) is 32.6 Å². The topological polar surface area (TPSA) is 12.9 Å². The van der Waals surface area contributed by atoms with Crippen molar-refractivity contribution in [3.63, 3.8) is 0 Å². The van der Waals surface area contributed by atoms with Crippen molar-refractivity contribution in [3.8, 4) is 11.3 Å². The van der Waals surface area contributed by atoms with Crippen LogP contribution in [0.4, 0.5) is 0 Å². The van der Waals surface area contributed by atoms with Crippen molar-refractivity contribution in [1.29, 1.82) is 0 Å². The molecule has 0 radical (unpaired) electrons. The number of thiophene rings is 1. The van der Waals surface area contributed by atoms with E-state index in [1.54, 1.807) is 6.80 Å². The van der Waals surface area contributed by atoms with Gasteiger partial charge in [0.25, 0.3) is 0 Å². The van der Waals surface area contributed by atoms with E-state index in [4.69, 9.17) is 4.98 Å². The Bertz CT molecular complexity index is 1650. The molecule has 0 amide bonds. The van der Waals surface area contributed by atoms with Crippen molar-refractivity contribution in [2.75, 3.05) is 0 Å². The second-order valence-corrected chi connectivity index (χ2v) is 19.4. The van der Waals surface area contributed by atoms with Gasteiger partial charge < -0.3 is 0 Å². The number of hydrogen-bond donors (Lipinski definition) is 0. The third-order valence-electron chi connectivity index (χ3n) is 6.30. The molecule has 3 aromatic carbocycles. The molecule has 0 atom stereocenters. The van der Waals surface area contributed by atoms with Gasteiger partial charge in [-0.25, -0.2) is 0 Å². The van der Waals surface area contributed by atoms with Gasteiger partial charge in [-0.05, 0) is 0 Å². The number of fused-ring (bicyclic) bond motifs is 6. The molecule has 1 nitrogen and oxygen atoms in total. The van der Waals surface area contributed by atoms with Crippen LogP contribution in [-0.4, -0.2) is 33.5 Å². The molecule has 0 aliphatic heterocycles. The maximum atomic E-state index is 4.96. The molecule has 6 rings (SSSR count). The van der Waals surface area contributed by atoms with Crippen molar-refractivity contribution >= 4 is 77.6 Å². The number of nitrogens with zero attached hydrogens (tertiary/aromatic N) is 1. The SMILES string of the molecule is Cc1c(C[Si](C)(C)C)ccc2c1sc1c(-c3cccc4c3[te]c3ccccc34)nccc12. The molecule has 4 heteroatoms. The third kappa shape index (κ3) is 3.28. The quantitative estimate of drug-likeness (QED) is 0.198. The Morgan fingerprint density at radius 1 is 0.812 bits per heavy atom. The van der Waals surface area contributed by atoms with Crippen molar-refractivity contribution < 1.29 is 0 Å². The summed E-state index contributed by atoms with van der Waals surface area (Å²) in [6, 6.07) is 24.0. The minimum atomic E-state index is -1.17. The maximum absolute atomic E-state index is 4.96. The van der Waals surface area contributed by atoms with Crippen LogP contribution in [0.5, 0.6) is 0 Å². The molecule has 0 fully saturated rings. The van der Waals surface area contributed by atoms with E-state index in [-0.39, 0.29) is 0 Å². The molecule has 0 saturated heterocycles. The van der Waals surface area contributed by atoms with E-state index in [2.05, 4.69) is 87.2 Å². The summed E-state index contributed by atoms with van der Waals surface area (Å²) in [5, 5.41) is 5.60. The Morgan fingerprint density at radius 3 is 2.44 bits per heavy atom. The fourth-order valence-corrected chi connectivity index (χ4v) is 11.2. The van der Waals surface area contributed by atoms with Crippen molar-refractivity contribution in [2.24, 2.45) is 0 Å². The second-order valence-electron chi connectivity index (χ2n) is 9.88. The molecule has 0 aliphatic rings. The molecule has 3 heterocycles. The standard InChI is InChI=1S/C28H25NSSiTe/c1-17-18(16-31(2,3)4)12-13-20-21-14-15-29-25(27(21)30-26(17)20)23-10-7-9-22-19-8-5-6-11-24(19)32-28(22)23/h5-15H,16H2,1-4H3. The normalized spacial score (nSPS) is 12.5. The number of benzene rings is 3. The van der Waals surface area contributed by atoms with Gasteiger partial charge in [0, 0.05) is 0 Å². The van der Waals surface area contributed by atoms with Gasteiger partial charge in [-0.15, -0.1) is 0 Å². The summed E-state index contributed by atoms with van der Waals surface area (Å²) in [4.78, 5) is 4.96. The molecular weight excluding hydrogens is 538 g/mol. The van der Waals surface area contributed by atoms with E-state index in [9.17, 15) is 0 Å². The van der Waals surface area contributed by atoms with Gasteiger partial charge in [0.15, 0.2) is 0 Å². The van der Waals surface area contributed by atoms with E-state index in [0.29, 0.717) is 0 Å². The fourth-order valence-electron chi connectivity index (χ4n) is 4.83. The predicted molar refractivity (Wildman–Crippen MR) is 146 cm³/mol. The van der Waals surface area contributed by atoms with E-state index in [0.717, 1.165) is 0 Å². The van der Waals surface area contributed by atoms with Crippen LogP contribution in [0.25, 0.3) is 49.0 Å². The molecule has 0 N–H and O–H groups in total. The average molecular weight is 563 g/mol. The Labute approximate surface area is 203 Å². The molecular formula is C28H25NSSiTe. The van der Waals surface area contributed by atoms with E-state index < -0.39 is 28.5 Å². The summed E-state index contributed by atoms with van der Waals surface area (Å²) in [6.45, 7) is 9.70. The Kier molecular flexibility index (Phi) is 4.86. The minimum absolute atomic E-state index is 0.398. The van der Waals surface area contributed by atoms with E-state index in [1.165, 1.54) is 59.4 Å². The molecule has 0 saturated carbocycles. The predicted octanol–water partition coefficient (Wildman–Crippen LogP) is 8.21. The van der Waals surface area contributed by atoms with Gasteiger partial charge in [0.2, 0.25) is 0 Å². The molecule has 6 aromatic rings. The molecule has 3 aromatic heterocycles. The Morgan fingerprint density at radius 2 is 1.59 bits per heavy atom. The first-order valence-electron chi connectivity index (χ1n) is 11.1. The van der Waals surface area contributed by atoms with Gasteiger partial charge in [0.05, 0.1) is 0 Å². The summed E-state index contributed by atoms with van der Waals surface area (Å²) in [7, 11) is -1.17. The third-order valence-corrected chi connectivity index (χ3v) is 12.6. The van der Waals surface area contributed by atoms with Crippen LogP contribution in [-0.2, 0) is 6.04 Å². The zero-order chi connectivity index (χ0) is 22.0. The number of aryl methyl sites for hydroxylation is 1. The van der Waals surface area contributed by atoms with Crippen LogP contribution in [0.15, 0.2) is 66.9 Å². The molecule has 0 spiro atoms. The van der Waals surface area contributed by atoms with Crippen LogP contribution < -0.4 is 0 Å². The molecule has 0 aliphatic carbocycles. The summed E-state index contributed by atoms with van der Waals surface area (Å²) in [6.07, 6.45) is 2.01. The first-order valence-corrected chi connectivity index (χ1v) is 18.0. The monoisotopic (exact) mass is 565 g/mol. The van der Waals surface area contributed by atoms with E-state index >= 15 is 0 Å². The number of hydrogen-bond acceptors (Lipinski definition) is 2. The van der Waals surface area contributed by atoms with Gasteiger partial charge >= 0.3 is 204 Å². The summed E-state index contributed by atoms with van der Waals surface area (Å²) in [5.74, 6) is 0. The van der Waals surface area contributed by atoms with Gasteiger partial charge in [-0.2, -0.15) is 0 Å². The summed E-state index contributed by atoms with van der Waals surface area (Å²) in [5.41, 5.74) is 5.51. The molecule has 0 unspecified atom stereocenters. The van der Waals surface area contributed by atoms with Crippen LogP contribution in [0.1, 0.15) is 11.1 Å². The number of aromatic nitrogens is 1. The Hall–Kier alpha value is -1.96. The van der Waals surface area contributed by atoms with Gasteiger partial charge in [-0.3, -0.25) is 0 Å².